The van der Waals surface area contributed by atoms with Crippen molar-refractivity contribution in [3.8, 4) is 0 Å². The second kappa shape index (κ2) is 4.77. The lowest BCUT2D eigenvalue weighted by atomic mass is 10.2. The molecule has 0 aliphatic carbocycles. The first-order chi connectivity index (χ1) is 8.47. The van der Waals surface area contributed by atoms with E-state index in [9.17, 15) is 9.90 Å². The van der Waals surface area contributed by atoms with Gasteiger partial charge in [0.05, 0.1) is 11.9 Å². The van der Waals surface area contributed by atoms with Crippen LogP contribution < -0.4 is 5.32 Å². The lowest BCUT2D eigenvalue weighted by Crippen LogP contribution is -2.20. The van der Waals surface area contributed by atoms with Gasteiger partial charge in [0.25, 0.3) is 0 Å². The van der Waals surface area contributed by atoms with Gasteiger partial charge < -0.3 is 10.4 Å². The first-order valence-electron chi connectivity index (χ1n) is 5.39. The number of nitrogens with zero attached hydrogens (tertiary/aromatic N) is 3. The van der Waals surface area contributed by atoms with Gasteiger partial charge in [-0.25, -0.2) is 9.78 Å². The van der Waals surface area contributed by atoms with Crippen LogP contribution in [0, 0.1) is 13.8 Å². The van der Waals surface area contributed by atoms with Crippen molar-refractivity contribution in [1.29, 1.82) is 0 Å². The van der Waals surface area contributed by atoms with Crippen LogP contribution in [0.15, 0.2) is 12.4 Å². The summed E-state index contributed by atoms with van der Waals surface area (Å²) in [6.45, 7) is 3.86. The van der Waals surface area contributed by atoms with Gasteiger partial charge in [-0.05, 0) is 13.8 Å². The summed E-state index contributed by atoms with van der Waals surface area (Å²) in [5, 5.41) is 16.8. The second-order valence-electron chi connectivity index (χ2n) is 4.02. The molecule has 0 saturated heterocycles. The van der Waals surface area contributed by atoms with Crippen molar-refractivity contribution in [3.05, 3.63) is 28.5 Å². The third-order valence-corrected chi connectivity index (χ3v) is 3.61. The number of rotatable bonds is 4. The van der Waals surface area contributed by atoms with E-state index in [1.807, 2.05) is 13.8 Å². The second-order valence-corrected chi connectivity index (χ2v) is 5.23. The molecule has 7 heteroatoms. The Hall–Kier alpha value is -1.89. The Morgan fingerprint density at radius 2 is 2.28 bits per heavy atom. The van der Waals surface area contributed by atoms with Crippen molar-refractivity contribution in [2.24, 2.45) is 7.05 Å². The summed E-state index contributed by atoms with van der Waals surface area (Å²) in [6, 6.07) is -0.830. The third-order valence-electron chi connectivity index (χ3n) is 2.60. The molecule has 0 aliphatic rings. The number of hydrogen-bond acceptors (Lipinski definition) is 5. The molecule has 0 aliphatic heterocycles. The van der Waals surface area contributed by atoms with Crippen LogP contribution in [0.1, 0.15) is 22.2 Å². The predicted octanol–water partition coefficient (Wildman–Crippen LogP) is 1.73. The molecule has 2 aromatic rings. The summed E-state index contributed by atoms with van der Waals surface area (Å²) in [6.07, 6.45) is 3.22. The average Bonchev–Trinajstić information content (AvgIpc) is 2.83. The number of hydrogen-bond donors (Lipinski definition) is 2. The number of aryl methyl sites for hydroxylation is 3. The summed E-state index contributed by atoms with van der Waals surface area (Å²) in [4.78, 5) is 16.6. The summed E-state index contributed by atoms with van der Waals surface area (Å²) in [5.41, 5.74) is 1.52. The fourth-order valence-corrected chi connectivity index (χ4v) is 2.38. The predicted molar refractivity (Wildman–Crippen MR) is 68.8 cm³/mol. The van der Waals surface area contributed by atoms with E-state index in [1.165, 1.54) is 11.3 Å². The molecule has 0 amide bonds. The topological polar surface area (TPSA) is 80.0 Å². The van der Waals surface area contributed by atoms with E-state index in [0.29, 0.717) is 10.7 Å². The monoisotopic (exact) mass is 266 g/mol. The molecule has 2 aromatic heterocycles. The van der Waals surface area contributed by atoms with Crippen LogP contribution in [-0.2, 0) is 11.8 Å². The first kappa shape index (κ1) is 12.6. The third kappa shape index (κ3) is 2.51. The Kier molecular flexibility index (Phi) is 3.33. The molecule has 6 nitrogen and oxygen atoms in total. The molecule has 2 rings (SSSR count). The molecule has 1 unspecified atom stereocenters. The highest BCUT2D eigenvalue weighted by Gasteiger charge is 2.22. The van der Waals surface area contributed by atoms with E-state index in [4.69, 9.17) is 0 Å². The number of nitrogens with one attached hydrogen (secondary N) is 1. The van der Waals surface area contributed by atoms with Gasteiger partial charge in [0.15, 0.2) is 11.2 Å². The van der Waals surface area contributed by atoms with Gasteiger partial charge in [0, 0.05) is 23.7 Å². The highest BCUT2D eigenvalue weighted by molar-refractivity contribution is 7.15. The van der Waals surface area contributed by atoms with Gasteiger partial charge in [-0.15, -0.1) is 11.3 Å². The molecular weight excluding hydrogens is 252 g/mol. The number of carboxylic acids is 1. The van der Waals surface area contributed by atoms with E-state index >= 15 is 0 Å². The summed E-state index contributed by atoms with van der Waals surface area (Å²) in [5.74, 6) is -0.950. The van der Waals surface area contributed by atoms with Crippen LogP contribution >= 0.6 is 11.3 Å². The Morgan fingerprint density at radius 1 is 1.56 bits per heavy atom. The lowest BCUT2D eigenvalue weighted by Gasteiger charge is -2.11. The minimum atomic E-state index is -0.950. The lowest BCUT2D eigenvalue weighted by molar-refractivity contribution is -0.138. The number of thiazole rings is 1. The normalized spacial score (nSPS) is 12.4. The van der Waals surface area contributed by atoms with Crippen LogP contribution in [0.2, 0.25) is 0 Å². The van der Waals surface area contributed by atoms with Gasteiger partial charge in [-0.3, -0.25) is 4.68 Å². The van der Waals surface area contributed by atoms with Gasteiger partial charge >= 0.3 is 5.97 Å². The number of carbonyl (C=O) groups is 1. The van der Waals surface area contributed by atoms with Gasteiger partial charge in [-0.2, -0.15) is 5.10 Å². The molecule has 2 heterocycles. The maximum Gasteiger partial charge on any atom is 0.331 e. The van der Waals surface area contributed by atoms with Gasteiger partial charge in [0.2, 0.25) is 0 Å². The summed E-state index contributed by atoms with van der Waals surface area (Å²) < 4.78 is 1.57. The molecule has 0 bridgehead atoms. The van der Waals surface area contributed by atoms with Crippen molar-refractivity contribution in [1.82, 2.24) is 14.8 Å². The number of carboxylic acid groups (broad SMARTS) is 1. The van der Waals surface area contributed by atoms with Crippen LogP contribution in [0.4, 0.5) is 5.13 Å². The van der Waals surface area contributed by atoms with E-state index < -0.39 is 12.0 Å². The molecule has 0 fully saturated rings. The van der Waals surface area contributed by atoms with E-state index in [-0.39, 0.29) is 0 Å². The maximum atomic E-state index is 11.3. The minimum Gasteiger partial charge on any atom is -0.479 e. The van der Waals surface area contributed by atoms with Gasteiger partial charge in [-0.1, -0.05) is 0 Å². The summed E-state index contributed by atoms with van der Waals surface area (Å²) >= 11 is 1.45. The molecule has 0 saturated carbocycles. The fourth-order valence-electron chi connectivity index (χ4n) is 1.53. The fraction of sp³-hybridized carbons (Fsp3) is 0.364. The molecule has 0 aromatic carbocycles. The van der Waals surface area contributed by atoms with Crippen LogP contribution in [0.5, 0.6) is 0 Å². The van der Waals surface area contributed by atoms with Crippen molar-refractivity contribution in [2.45, 2.75) is 19.9 Å². The quantitative estimate of drug-likeness (QED) is 0.881. The zero-order valence-electron chi connectivity index (χ0n) is 10.3. The van der Waals surface area contributed by atoms with Crippen LogP contribution in [-0.4, -0.2) is 25.8 Å². The van der Waals surface area contributed by atoms with Crippen LogP contribution in [0.25, 0.3) is 0 Å². The Balaban J connectivity index is 2.24. The number of anilines is 1. The van der Waals surface area contributed by atoms with Crippen molar-refractivity contribution in [2.75, 3.05) is 5.32 Å². The molecule has 1 atom stereocenters. The first-order valence-corrected chi connectivity index (χ1v) is 6.21. The van der Waals surface area contributed by atoms with Gasteiger partial charge in [0.1, 0.15) is 0 Å². The Bertz CT molecular complexity index is 556. The standard InChI is InChI=1S/C11H14N4O2S/c1-6-7(2)18-11(13-6)14-9(10(16)17)8-4-12-15(3)5-8/h4-5,9H,1-3H3,(H,13,14)(H,16,17). The highest BCUT2D eigenvalue weighted by Crippen LogP contribution is 2.25. The summed E-state index contributed by atoms with van der Waals surface area (Å²) in [7, 11) is 1.75. The average molecular weight is 266 g/mol. The van der Waals surface area contributed by atoms with Crippen molar-refractivity contribution >= 4 is 22.4 Å². The van der Waals surface area contributed by atoms with Crippen molar-refractivity contribution in [3.63, 3.8) is 0 Å². The number of aromatic nitrogens is 3. The number of aliphatic carboxylic acids is 1. The SMILES string of the molecule is Cc1nc(NC(C(=O)O)c2cnn(C)c2)sc1C. The smallest absolute Gasteiger partial charge is 0.331 e. The maximum absolute atomic E-state index is 11.3. The van der Waals surface area contributed by atoms with Crippen LogP contribution in [0.3, 0.4) is 0 Å². The molecule has 18 heavy (non-hydrogen) atoms. The van der Waals surface area contributed by atoms with Crippen molar-refractivity contribution < 1.29 is 9.90 Å². The van der Waals surface area contributed by atoms with E-state index in [2.05, 4.69) is 15.4 Å². The zero-order valence-corrected chi connectivity index (χ0v) is 11.2. The molecular formula is C11H14N4O2S. The largest absolute Gasteiger partial charge is 0.479 e. The Morgan fingerprint density at radius 3 is 2.72 bits per heavy atom. The van der Waals surface area contributed by atoms with E-state index in [0.717, 1.165) is 10.6 Å². The Labute approximate surface area is 108 Å². The molecule has 0 spiro atoms. The van der Waals surface area contributed by atoms with E-state index in [1.54, 1.807) is 24.1 Å². The molecule has 96 valence electrons. The molecule has 0 radical (unpaired) electrons. The highest BCUT2D eigenvalue weighted by atomic mass is 32.1. The zero-order chi connectivity index (χ0) is 13.3. The minimum absolute atomic E-state index is 0.607. The molecule has 2 N–H and O–H groups in total.